The van der Waals surface area contributed by atoms with Gasteiger partial charge in [0.15, 0.2) is 10.6 Å². The van der Waals surface area contributed by atoms with Crippen molar-refractivity contribution in [3.8, 4) is 11.3 Å². The number of nitrogens with zero attached hydrogens (tertiary/aromatic N) is 3. The van der Waals surface area contributed by atoms with Crippen LogP contribution in [0.2, 0.25) is 0 Å². The molecule has 2 heterocycles. The number of hydrogen-bond acceptors (Lipinski definition) is 5. The van der Waals surface area contributed by atoms with E-state index in [2.05, 4.69) is 9.98 Å². The first-order chi connectivity index (χ1) is 12.5. The van der Waals surface area contributed by atoms with Crippen LogP contribution in [0.25, 0.3) is 11.3 Å². The number of ketones is 1. The van der Waals surface area contributed by atoms with Crippen LogP contribution in [0.5, 0.6) is 0 Å². The van der Waals surface area contributed by atoms with Crippen molar-refractivity contribution in [1.29, 1.82) is 0 Å². The Morgan fingerprint density at radius 1 is 1.26 bits per heavy atom. The predicted octanol–water partition coefficient (Wildman–Crippen LogP) is 3.91. The first-order valence-corrected chi connectivity index (χ1v) is 8.90. The first kappa shape index (κ1) is 21.0. The fourth-order valence-electron chi connectivity index (χ4n) is 2.61. The molecule has 3 rings (SSSR count). The van der Waals surface area contributed by atoms with E-state index in [1.54, 1.807) is 18.3 Å². The van der Waals surface area contributed by atoms with Gasteiger partial charge in [0.1, 0.15) is 5.82 Å². The molecule has 0 spiro atoms. The second-order valence-corrected chi connectivity index (χ2v) is 6.73. The van der Waals surface area contributed by atoms with Gasteiger partial charge in [0.05, 0.1) is 29.1 Å². The number of hydrogen-bond donors (Lipinski definition) is 1. The lowest BCUT2D eigenvalue weighted by atomic mass is 10.1. The molecule has 1 N–H and O–H groups in total. The Morgan fingerprint density at radius 3 is 2.52 bits per heavy atom. The van der Waals surface area contributed by atoms with Crippen molar-refractivity contribution >= 4 is 35.2 Å². The summed E-state index contributed by atoms with van der Waals surface area (Å²) in [5, 5.41) is 9.28. The van der Waals surface area contributed by atoms with Gasteiger partial charge < -0.3 is 9.67 Å². The van der Waals surface area contributed by atoms with Crippen molar-refractivity contribution in [3.63, 3.8) is 0 Å². The summed E-state index contributed by atoms with van der Waals surface area (Å²) in [6.07, 6.45) is 1.63. The Bertz CT molecular complexity index is 995. The molecule has 3 aromatic rings. The molecule has 0 aliphatic heterocycles. The van der Waals surface area contributed by atoms with Crippen LogP contribution in [-0.4, -0.2) is 27.0 Å². The zero-order chi connectivity index (χ0) is 18.7. The summed E-state index contributed by atoms with van der Waals surface area (Å²) in [6.45, 7) is 3.70. The van der Waals surface area contributed by atoms with E-state index in [0.717, 1.165) is 17.0 Å². The Hall–Kier alpha value is -2.35. The lowest BCUT2D eigenvalue weighted by Gasteiger charge is -2.04. The van der Waals surface area contributed by atoms with E-state index in [-0.39, 0.29) is 30.6 Å². The van der Waals surface area contributed by atoms with E-state index in [4.69, 9.17) is 0 Å². The molecule has 0 fully saturated rings. The molecule has 0 saturated heterocycles. The average molecular weight is 408 g/mol. The van der Waals surface area contributed by atoms with Gasteiger partial charge in [-0.1, -0.05) is 11.3 Å². The monoisotopic (exact) mass is 407 g/mol. The van der Waals surface area contributed by atoms with Crippen molar-refractivity contribution in [2.24, 2.45) is 4.99 Å². The lowest BCUT2D eigenvalue weighted by molar-refractivity contribution is 0.102. The standard InChI is InChI=1S/C19H18FN3O2S.ClH/c1-12-18(13(2)25)26-19(23(12)9-10-24)22-16-7-8-17(21-11-16)14-3-5-15(20)6-4-14;/h3-8,11,24H,9-10H2,1-2H3;1H/b22-19-;. The molecular formula is C19H19ClFN3O2S. The molecule has 0 bridgehead atoms. The molecule has 0 saturated carbocycles. The number of benzene rings is 1. The number of aromatic nitrogens is 2. The van der Waals surface area contributed by atoms with E-state index >= 15 is 0 Å². The molecule has 142 valence electrons. The number of carbonyl (C=O) groups is 1. The summed E-state index contributed by atoms with van der Waals surface area (Å²) in [6, 6.07) is 9.76. The van der Waals surface area contributed by atoms with Crippen molar-refractivity contribution in [2.75, 3.05) is 6.61 Å². The van der Waals surface area contributed by atoms with Crippen LogP contribution in [0.15, 0.2) is 47.6 Å². The van der Waals surface area contributed by atoms with E-state index in [1.807, 2.05) is 23.6 Å². The molecule has 1 aromatic carbocycles. The van der Waals surface area contributed by atoms with E-state index in [0.29, 0.717) is 21.9 Å². The number of aliphatic hydroxyl groups is 1. The van der Waals surface area contributed by atoms with Gasteiger partial charge in [-0.2, -0.15) is 0 Å². The Labute approximate surface area is 166 Å². The van der Waals surface area contributed by atoms with E-state index < -0.39 is 0 Å². The number of pyridine rings is 1. The molecule has 0 unspecified atom stereocenters. The molecule has 2 aromatic heterocycles. The summed E-state index contributed by atoms with van der Waals surface area (Å²) in [5.41, 5.74) is 2.98. The van der Waals surface area contributed by atoms with Gasteiger partial charge in [0.25, 0.3) is 0 Å². The second-order valence-electron chi connectivity index (χ2n) is 5.75. The van der Waals surface area contributed by atoms with Gasteiger partial charge in [0, 0.05) is 24.7 Å². The smallest absolute Gasteiger partial charge is 0.190 e. The van der Waals surface area contributed by atoms with Crippen LogP contribution >= 0.6 is 23.7 Å². The quantitative estimate of drug-likeness (QED) is 0.652. The highest BCUT2D eigenvalue weighted by Crippen LogP contribution is 2.20. The molecule has 0 aliphatic carbocycles. The highest BCUT2D eigenvalue weighted by Gasteiger charge is 2.13. The fraction of sp³-hybridized carbons (Fsp3) is 0.211. The summed E-state index contributed by atoms with van der Waals surface area (Å²) in [7, 11) is 0. The second kappa shape index (κ2) is 9.03. The highest BCUT2D eigenvalue weighted by molar-refractivity contribution is 7.11. The maximum atomic E-state index is 13.0. The minimum atomic E-state index is -0.289. The van der Waals surface area contributed by atoms with Gasteiger partial charge in [-0.15, -0.1) is 12.4 Å². The lowest BCUT2D eigenvalue weighted by Crippen LogP contribution is -2.18. The van der Waals surface area contributed by atoms with Gasteiger partial charge >= 0.3 is 0 Å². The SMILES string of the molecule is CC(=O)c1s/c(=N\c2ccc(-c3ccc(F)cc3)nc2)n(CCO)c1C.Cl. The number of aliphatic hydroxyl groups excluding tert-OH is 1. The Balaban J connectivity index is 0.00000261. The molecular weight excluding hydrogens is 389 g/mol. The van der Waals surface area contributed by atoms with Crippen LogP contribution in [-0.2, 0) is 6.54 Å². The summed E-state index contributed by atoms with van der Waals surface area (Å²) >= 11 is 1.30. The zero-order valence-corrected chi connectivity index (χ0v) is 16.5. The zero-order valence-electron chi connectivity index (χ0n) is 14.8. The minimum Gasteiger partial charge on any atom is -0.395 e. The molecule has 27 heavy (non-hydrogen) atoms. The molecule has 0 amide bonds. The maximum absolute atomic E-state index is 13.0. The molecule has 0 radical (unpaired) electrons. The number of halogens is 2. The first-order valence-electron chi connectivity index (χ1n) is 8.08. The minimum absolute atomic E-state index is 0. The summed E-state index contributed by atoms with van der Waals surface area (Å²) in [4.78, 5) is 22.0. The summed E-state index contributed by atoms with van der Waals surface area (Å²) < 4.78 is 14.9. The van der Waals surface area contributed by atoms with Crippen LogP contribution in [0.1, 0.15) is 22.3 Å². The van der Waals surface area contributed by atoms with Gasteiger partial charge in [0.2, 0.25) is 0 Å². The van der Waals surface area contributed by atoms with Crippen LogP contribution in [0, 0.1) is 12.7 Å². The summed E-state index contributed by atoms with van der Waals surface area (Å²) in [5.74, 6) is -0.312. The van der Waals surface area contributed by atoms with Crippen molar-refractivity contribution in [1.82, 2.24) is 9.55 Å². The number of carbonyl (C=O) groups excluding carboxylic acids is 1. The van der Waals surface area contributed by atoms with Gasteiger partial charge in [-0.3, -0.25) is 9.78 Å². The molecule has 0 atom stereocenters. The van der Waals surface area contributed by atoms with Crippen molar-refractivity contribution in [3.05, 3.63) is 63.8 Å². The largest absolute Gasteiger partial charge is 0.395 e. The molecule has 0 aliphatic rings. The van der Waals surface area contributed by atoms with E-state index in [1.165, 1.54) is 30.4 Å². The van der Waals surface area contributed by atoms with Crippen LogP contribution < -0.4 is 4.80 Å². The maximum Gasteiger partial charge on any atom is 0.190 e. The van der Waals surface area contributed by atoms with Gasteiger partial charge in [-0.05, 0) is 43.3 Å². The third kappa shape index (κ3) is 4.68. The number of thiazole rings is 1. The highest BCUT2D eigenvalue weighted by atomic mass is 35.5. The van der Waals surface area contributed by atoms with E-state index in [9.17, 15) is 14.3 Å². The number of rotatable bonds is 5. The molecule has 5 nitrogen and oxygen atoms in total. The average Bonchev–Trinajstić information content (AvgIpc) is 2.93. The third-order valence-corrected chi connectivity index (χ3v) is 5.19. The van der Waals surface area contributed by atoms with Crippen molar-refractivity contribution in [2.45, 2.75) is 20.4 Å². The molecule has 8 heteroatoms. The third-order valence-electron chi connectivity index (χ3n) is 3.91. The predicted molar refractivity (Wildman–Crippen MR) is 106 cm³/mol. The van der Waals surface area contributed by atoms with Crippen LogP contribution in [0.3, 0.4) is 0 Å². The Kier molecular flexibility index (Phi) is 7.01. The topological polar surface area (TPSA) is 67.5 Å². The number of Topliss-reactive ketones (excluding diaryl/α,β-unsaturated/α-hetero) is 1. The van der Waals surface area contributed by atoms with Gasteiger partial charge in [-0.25, -0.2) is 9.38 Å². The normalized spacial score (nSPS) is 11.3. The van der Waals surface area contributed by atoms with Crippen molar-refractivity contribution < 1.29 is 14.3 Å². The van der Waals surface area contributed by atoms with Crippen LogP contribution in [0.4, 0.5) is 10.1 Å². The Morgan fingerprint density at radius 2 is 1.96 bits per heavy atom. The fourth-order valence-corrected chi connectivity index (χ4v) is 3.69.